The summed E-state index contributed by atoms with van der Waals surface area (Å²) in [7, 11) is 0. The summed E-state index contributed by atoms with van der Waals surface area (Å²) in [4.78, 5) is 23.7. The van der Waals surface area contributed by atoms with Crippen molar-refractivity contribution in [1.82, 2.24) is 5.43 Å². The van der Waals surface area contributed by atoms with Crippen molar-refractivity contribution in [3.05, 3.63) is 81.1 Å². The molecule has 0 fully saturated rings. The van der Waals surface area contributed by atoms with Crippen LogP contribution < -0.4 is 5.43 Å². The van der Waals surface area contributed by atoms with Crippen molar-refractivity contribution >= 4 is 40.7 Å². The van der Waals surface area contributed by atoms with Gasteiger partial charge in [-0.2, -0.15) is 5.10 Å². The maximum atomic E-state index is 12.0. The SMILES string of the molecule is CCOC(=O)c1ccc(-c2ccc(C=NNC(=O)c3ccc(I)cc3)o2)cc1. The minimum absolute atomic E-state index is 0.297. The zero-order chi connectivity index (χ0) is 19.9. The first-order chi connectivity index (χ1) is 13.6. The zero-order valence-corrected chi connectivity index (χ0v) is 17.2. The van der Waals surface area contributed by atoms with E-state index in [2.05, 4.69) is 33.1 Å². The Morgan fingerprint density at radius 3 is 2.39 bits per heavy atom. The van der Waals surface area contributed by atoms with Crippen LogP contribution in [-0.2, 0) is 4.74 Å². The van der Waals surface area contributed by atoms with Crippen LogP contribution in [0.25, 0.3) is 11.3 Å². The van der Waals surface area contributed by atoms with Crippen molar-refractivity contribution in [2.24, 2.45) is 5.10 Å². The number of hydrogen-bond acceptors (Lipinski definition) is 5. The first-order valence-corrected chi connectivity index (χ1v) is 9.61. The predicted molar refractivity (Wildman–Crippen MR) is 114 cm³/mol. The van der Waals surface area contributed by atoms with Gasteiger partial charge in [0.15, 0.2) is 0 Å². The van der Waals surface area contributed by atoms with Gasteiger partial charge in [0, 0.05) is 14.7 Å². The van der Waals surface area contributed by atoms with E-state index in [9.17, 15) is 9.59 Å². The monoisotopic (exact) mass is 488 g/mol. The maximum absolute atomic E-state index is 12.0. The van der Waals surface area contributed by atoms with Gasteiger partial charge in [-0.15, -0.1) is 0 Å². The summed E-state index contributed by atoms with van der Waals surface area (Å²) in [5, 5.41) is 3.92. The number of carbonyl (C=O) groups is 2. The predicted octanol–water partition coefficient (Wildman–Crippen LogP) is 4.49. The molecule has 0 saturated heterocycles. The Bertz CT molecular complexity index is 992. The summed E-state index contributed by atoms with van der Waals surface area (Å²) in [5.74, 6) is 0.465. The first-order valence-electron chi connectivity index (χ1n) is 8.53. The topological polar surface area (TPSA) is 80.9 Å². The summed E-state index contributed by atoms with van der Waals surface area (Å²) >= 11 is 2.18. The molecule has 1 aromatic heterocycles. The molecule has 1 heterocycles. The van der Waals surface area contributed by atoms with Crippen LogP contribution in [0.3, 0.4) is 0 Å². The van der Waals surface area contributed by atoms with E-state index in [0.717, 1.165) is 9.13 Å². The van der Waals surface area contributed by atoms with Crippen LogP contribution in [0, 0.1) is 3.57 Å². The highest BCUT2D eigenvalue weighted by Gasteiger charge is 2.08. The number of amides is 1. The summed E-state index contributed by atoms with van der Waals surface area (Å²) in [6.07, 6.45) is 1.43. The molecular weight excluding hydrogens is 471 g/mol. The van der Waals surface area contributed by atoms with Crippen molar-refractivity contribution in [2.45, 2.75) is 6.92 Å². The molecule has 1 amide bonds. The third kappa shape index (κ3) is 5.07. The van der Waals surface area contributed by atoms with Gasteiger partial charge in [-0.3, -0.25) is 4.79 Å². The van der Waals surface area contributed by atoms with Crippen molar-refractivity contribution in [1.29, 1.82) is 0 Å². The molecular formula is C21H17IN2O4. The average Bonchev–Trinajstić information content (AvgIpc) is 3.17. The number of nitrogens with one attached hydrogen (secondary N) is 1. The molecule has 28 heavy (non-hydrogen) atoms. The fourth-order valence-corrected chi connectivity index (χ4v) is 2.74. The maximum Gasteiger partial charge on any atom is 0.338 e. The molecule has 6 nitrogen and oxygen atoms in total. The summed E-state index contributed by atoms with van der Waals surface area (Å²) < 4.78 is 11.7. The molecule has 1 N–H and O–H groups in total. The van der Waals surface area contributed by atoms with Crippen LogP contribution in [0.15, 0.2) is 70.2 Å². The molecule has 7 heteroatoms. The second-order valence-electron chi connectivity index (χ2n) is 5.71. The Balaban J connectivity index is 1.62. The molecule has 0 unspecified atom stereocenters. The van der Waals surface area contributed by atoms with E-state index in [1.54, 1.807) is 55.5 Å². The third-order valence-corrected chi connectivity index (χ3v) is 4.49. The van der Waals surface area contributed by atoms with Gasteiger partial charge < -0.3 is 9.15 Å². The molecule has 0 aliphatic heterocycles. The number of nitrogens with zero attached hydrogens (tertiary/aromatic N) is 1. The van der Waals surface area contributed by atoms with Crippen molar-refractivity contribution in [3.8, 4) is 11.3 Å². The second-order valence-corrected chi connectivity index (χ2v) is 6.95. The van der Waals surface area contributed by atoms with Crippen LogP contribution in [0.1, 0.15) is 33.4 Å². The lowest BCUT2D eigenvalue weighted by atomic mass is 10.1. The Morgan fingerprint density at radius 1 is 1.04 bits per heavy atom. The fourth-order valence-electron chi connectivity index (χ4n) is 2.38. The van der Waals surface area contributed by atoms with E-state index in [4.69, 9.17) is 9.15 Å². The number of esters is 1. The smallest absolute Gasteiger partial charge is 0.338 e. The number of hydrazone groups is 1. The molecule has 0 bridgehead atoms. The van der Waals surface area contributed by atoms with Gasteiger partial charge in [0.05, 0.1) is 18.4 Å². The van der Waals surface area contributed by atoms with Crippen LogP contribution in [0.4, 0.5) is 0 Å². The van der Waals surface area contributed by atoms with Gasteiger partial charge in [-0.25, -0.2) is 10.2 Å². The number of halogens is 1. The lowest BCUT2D eigenvalue weighted by Gasteiger charge is -2.02. The summed E-state index contributed by atoms with van der Waals surface area (Å²) in [6.45, 7) is 2.10. The highest BCUT2D eigenvalue weighted by molar-refractivity contribution is 14.1. The fraction of sp³-hybridized carbons (Fsp3) is 0.0952. The van der Waals surface area contributed by atoms with Crippen molar-refractivity contribution in [2.75, 3.05) is 6.61 Å². The molecule has 3 aromatic rings. The number of rotatable bonds is 6. The van der Waals surface area contributed by atoms with Crippen molar-refractivity contribution < 1.29 is 18.7 Å². The minimum atomic E-state index is -0.356. The molecule has 0 saturated carbocycles. The minimum Gasteiger partial charge on any atom is -0.462 e. The normalized spacial score (nSPS) is 10.8. The van der Waals surface area contributed by atoms with Gasteiger partial charge in [0.1, 0.15) is 11.5 Å². The summed E-state index contributed by atoms with van der Waals surface area (Å²) in [5.41, 5.74) is 4.29. The molecule has 0 radical (unpaired) electrons. The Morgan fingerprint density at radius 2 is 1.71 bits per heavy atom. The standard InChI is InChI=1S/C21H17IN2O4/c1-2-27-21(26)16-5-3-14(4-6-16)19-12-11-18(28-19)13-23-24-20(25)15-7-9-17(22)10-8-15/h3-13H,2H2,1H3,(H,24,25). The van der Waals surface area contributed by atoms with Gasteiger partial charge in [0.2, 0.25) is 0 Å². The molecule has 3 rings (SSSR count). The van der Waals surface area contributed by atoms with E-state index >= 15 is 0 Å². The lowest BCUT2D eigenvalue weighted by Crippen LogP contribution is -2.17. The largest absolute Gasteiger partial charge is 0.462 e. The van der Waals surface area contributed by atoms with Gasteiger partial charge in [0.25, 0.3) is 5.91 Å². The van der Waals surface area contributed by atoms with Crippen molar-refractivity contribution in [3.63, 3.8) is 0 Å². The molecule has 142 valence electrons. The van der Waals surface area contributed by atoms with E-state index in [-0.39, 0.29) is 11.9 Å². The Hall–Kier alpha value is -2.94. The third-order valence-electron chi connectivity index (χ3n) is 3.77. The van der Waals surface area contributed by atoms with E-state index in [1.807, 2.05) is 12.1 Å². The Kier molecular flexibility index (Phi) is 6.59. The molecule has 0 aliphatic rings. The number of benzene rings is 2. The van der Waals surface area contributed by atoms with Crippen LogP contribution >= 0.6 is 22.6 Å². The zero-order valence-electron chi connectivity index (χ0n) is 15.0. The molecule has 2 aromatic carbocycles. The molecule has 0 aliphatic carbocycles. The van der Waals surface area contributed by atoms with Gasteiger partial charge in [-0.05, 0) is 78.0 Å². The highest BCUT2D eigenvalue weighted by Crippen LogP contribution is 2.22. The van der Waals surface area contributed by atoms with E-state index in [1.165, 1.54) is 6.21 Å². The molecule has 0 spiro atoms. The number of hydrogen-bond donors (Lipinski definition) is 1. The molecule has 0 atom stereocenters. The van der Waals surface area contributed by atoms with Crippen LogP contribution in [0.5, 0.6) is 0 Å². The average molecular weight is 488 g/mol. The summed E-state index contributed by atoms with van der Waals surface area (Å²) in [6, 6.07) is 17.6. The first kappa shape index (κ1) is 19.8. The van der Waals surface area contributed by atoms with Gasteiger partial charge in [-0.1, -0.05) is 12.1 Å². The quantitative estimate of drug-likeness (QED) is 0.240. The van der Waals surface area contributed by atoms with Crippen LogP contribution in [0.2, 0.25) is 0 Å². The van der Waals surface area contributed by atoms with E-state index < -0.39 is 0 Å². The Labute approximate surface area is 175 Å². The van der Waals surface area contributed by atoms with Crippen LogP contribution in [-0.4, -0.2) is 24.7 Å². The van der Waals surface area contributed by atoms with E-state index in [0.29, 0.717) is 29.3 Å². The number of carbonyl (C=O) groups excluding carboxylic acids is 2. The highest BCUT2D eigenvalue weighted by atomic mass is 127. The number of ether oxygens (including phenoxy) is 1. The van der Waals surface area contributed by atoms with Gasteiger partial charge >= 0.3 is 5.97 Å². The lowest BCUT2D eigenvalue weighted by molar-refractivity contribution is 0.0526. The number of furan rings is 1. The second kappa shape index (κ2) is 9.32.